The molecule has 0 atom stereocenters. The van der Waals surface area contributed by atoms with Crippen LogP contribution >= 0.6 is 0 Å². The lowest BCUT2D eigenvalue weighted by Crippen LogP contribution is -2.22. The zero-order valence-corrected chi connectivity index (χ0v) is 25.5. The van der Waals surface area contributed by atoms with Gasteiger partial charge in [0.2, 0.25) is 5.95 Å². The van der Waals surface area contributed by atoms with E-state index in [1.807, 2.05) is 72.8 Å². The van der Waals surface area contributed by atoms with Crippen LogP contribution in [-0.2, 0) is 6.54 Å². The molecule has 9 rings (SSSR count). The second kappa shape index (κ2) is 10.9. The van der Waals surface area contributed by atoms with Crippen LogP contribution in [0.2, 0.25) is 0 Å². The number of hydrogen-bond acceptors (Lipinski definition) is 5. The Morgan fingerprint density at radius 2 is 1.19 bits per heavy atom. The number of aliphatic imine (C=N–C) groups is 1. The Balaban J connectivity index is 1.41. The largest absolute Gasteiger partial charge is 0.335 e. The Labute approximate surface area is 272 Å². The minimum Gasteiger partial charge on any atom is -0.335 e. The topological polar surface area (TPSA) is 59.2 Å². The molecule has 0 saturated heterocycles. The average Bonchev–Trinajstić information content (AvgIpc) is 3.49. The van der Waals surface area contributed by atoms with Crippen LogP contribution in [0, 0.1) is 0 Å². The van der Waals surface area contributed by atoms with Gasteiger partial charge in [0.05, 0.1) is 28.1 Å². The smallest absolute Gasteiger partial charge is 0.238 e. The van der Waals surface area contributed by atoms with Gasteiger partial charge >= 0.3 is 0 Å². The summed E-state index contributed by atoms with van der Waals surface area (Å²) in [6.45, 7) is 4.59. The molecule has 6 nitrogen and oxygen atoms in total. The molecule has 47 heavy (non-hydrogen) atoms. The summed E-state index contributed by atoms with van der Waals surface area (Å²) in [5.74, 6) is 1.82. The van der Waals surface area contributed by atoms with Crippen molar-refractivity contribution in [1.82, 2.24) is 19.5 Å². The Bertz CT molecular complexity index is 2410. The number of benzene rings is 6. The molecule has 222 valence electrons. The lowest BCUT2D eigenvalue weighted by molar-refractivity contribution is 0.944. The summed E-state index contributed by atoms with van der Waals surface area (Å²) in [5, 5.41) is 2.27. The zero-order chi connectivity index (χ0) is 31.3. The minimum absolute atomic E-state index is 0.570. The molecule has 0 aliphatic carbocycles. The van der Waals surface area contributed by atoms with Crippen molar-refractivity contribution in [1.29, 1.82) is 0 Å². The van der Waals surface area contributed by atoms with Gasteiger partial charge in [0.1, 0.15) is 0 Å². The lowest BCUT2D eigenvalue weighted by Gasteiger charge is -2.34. The van der Waals surface area contributed by atoms with Crippen molar-refractivity contribution in [3.63, 3.8) is 0 Å². The maximum Gasteiger partial charge on any atom is 0.238 e. The first-order valence-electron chi connectivity index (χ1n) is 15.6. The molecule has 0 amide bonds. The molecule has 3 heterocycles. The zero-order valence-electron chi connectivity index (χ0n) is 25.5. The van der Waals surface area contributed by atoms with E-state index in [0.717, 1.165) is 55.6 Å². The monoisotopic (exact) mass is 604 g/mol. The molecule has 0 spiro atoms. The Hall–Kier alpha value is -6.40. The van der Waals surface area contributed by atoms with Crippen molar-refractivity contribution in [3.05, 3.63) is 151 Å². The van der Waals surface area contributed by atoms with Gasteiger partial charge in [-0.25, -0.2) is 4.98 Å². The van der Waals surface area contributed by atoms with Gasteiger partial charge < -0.3 is 4.90 Å². The first kappa shape index (κ1) is 27.0. The summed E-state index contributed by atoms with van der Waals surface area (Å²) >= 11 is 0. The molecular weight excluding hydrogens is 576 g/mol. The lowest BCUT2D eigenvalue weighted by atomic mass is 9.91. The molecule has 0 radical (unpaired) electrons. The van der Waals surface area contributed by atoms with Gasteiger partial charge in [0, 0.05) is 34.0 Å². The first-order valence-corrected chi connectivity index (χ1v) is 15.6. The van der Waals surface area contributed by atoms with Crippen molar-refractivity contribution in [2.75, 3.05) is 4.90 Å². The van der Waals surface area contributed by atoms with E-state index < -0.39 is 0 Å². The molecule has 6 heteroatoms. The molecule has 0 bridgehead atoms. The summed E-state index contributed by atoms with van der Waals surface area (Å²) < 4.78 is 2.22. The molecule has 2 aromatic heterocycles. The highest BCUT2D eigenvalue weighted by Gasteiger charge is 2.29. The fourth-order valence-corrected chi connectivity index (χ4v) is 6.84. The fourth-order valence-electron chi connectivity index (χ4n) is 6.84. The van der Waals surface area contributed by atoms with E-state index in [0.29, 0.717) is 24.1 Å². The van der Waals surface area contributed by atoms with E-state index in [4.69, 9.17) is 15.0 Å². The van der Waals surface area contributed by atoms with E-state index in [9.17, 15) is 0 Å². The number of aromatic nitrogens is 4. The number of para-hydroxylation sites is 3. The second-order valence-corrected chi connectivity index (χ2v) is 11.6. The molecule has 0 N–H and O–H groups in total. The van der Waals surface area contributed by atoms with Gasteiger partial charge in [0.25, 0.3) is 0 Å². The van der Waals surface area contributed by atoms with Crippen LogP contribution in [0.1, 0.15) is 5.56 Å². The SMILES string of the molecule is C=Nc1ccccc1N1Cc2ccccc2-c2c1ccc1c3ccccc3n(-c3nc(-c4ccccc4)nc(-c4ccccc4)n3)c21. The number of fused-ring (bicyclic) bond motifs is 7. The molecular formula is C41H28N6. The van der Waals surface area contributed by atoms with Crippen molar-refractivity contribution in [3.8, 4) is 39.9 Å². The van der Waals surface area contributed by atoms with Gasteiger partial charge in [-0.15, -0.1) is 0 Å². The summed E-state index contributed by atoms with van der Waals surface area (Å²) in [6.07, 6.45) is 0. The fraction of sp³-hybridized carbons (Fsp3) is 0.0244. The van der Waals surface area contributed by atoms with E-state index in [1.165, 1.54) is 11.1 Å². The van der Waals surface area contributed by atoms with E-state index in [1.54, 1.807) is 0 Å². The Kier molecular flexibility index (Phi) is 6.25. The molecule has 1 aliphatic heterocycles. The Morgan fingerprint density at radius 1 is 0.553 bits per heavy atom. The highest BCUT2D eigenvalue weighted by atomic mass is 15.2. The molecule has 1 aliphatic rings. The van der Waals surface area contributed by atoms with Crippen molar-refractivity contribution in [2.24, 2.45) is 4.99 Å². The molecule has 0 fully saturated rings. The maximum absolute atomic E-state index is 5.19. The highest BCUT2D eigenvalue weighted by Crippen LogP contribution is 2.50. The van der Waals surface area contributed by atoms with E-state index in [-0.39, 0.29) is 0 Å². The summed E-state index contributed by atoms with van der Waals surface area (Å²) in [6, 6.07) is 50.1. The predicted octanol–water partition coefficient (Wildman–Crippen LogP) is 9.95. The van der Waals surface area contributed by atoms with Crippen LogP contribution in [0.5, 0.6) is 0 Å². The highest BCUT2D eigenvalue weighted by molar-refractivity contribution is 6.17. The van der Waals surface area contributed by atoms with Crippen molar-refractivity contribution >= 4 is 45.6 Å². The van der Waals surface area contributed by atoms with Crippen LogP contribution in [0.15, 0.2) is 151 Å². The summed E-state index contributed by atoms with van der Waals surface area (Å²) in [5.41, 5.74) is 10.4. The number of nitrogens with zero attached hydrogens (tertiary/aromatic N) is 6. The van der Waals surface area contributed by atoms with Gasteiger partial charge in [-0.05, 0) is 42.1 Å². The third-order valence-electron chi connectivity index (χ3n) is 8.95. The van der Waals surface area contributed by atoms with Gasteiger partial charge in [-0.2, -0.15) is 9.97 Å². The summed E-state index contributed by atoms with van der Waals surface area (Å²) in [7, 11) is 0. The van der Waals surface area contributed by atoms with Crippen molar-refractivity contribution < 1.29 is 0 Å². The average molecular weight is 605 g/mol. The molecule has 6 aromatic carbocycles. The van der Waals surface area contributed by atoms with Crippen LogP contribution in [0.4, 0.5) is 17.1 Å². The molecule has 0 saturated carbocycles. The first-order chi connectivity index (χ1) is 23.3. The van der Waals surface area contributed by atoms with Crippen LogP contribution in [0.3, 0.4) is 0 Å². The normalized spacial score (nSPS) is 12.2. The van der Waals surface area contributed by atoms with Gasteiger partial charge in [0.15, 0.2) is 11.6 Å². The van der Waals surface area contributed by atoms with E-state index in [2.05, 4.69) is 94.0 Å². The minimum atomic E-state index is 0.570. The predicted molar refractivity (Wildman–Crippen MR) is 192 cm³/mol. The third kappa shape index (κ3) is 4.34. The number of rotatable bonds is 5. The van der Waals surface area contributed by atoms with Crippen LogP contribution in [-0.4, -0.2) is 26.2 Å². The second-order valence-electron chi connectivity index (χ2n) is 11.6. The van der Waals surface area contributed by atoms with Gasteiger partial charge in [-0.3, -0.25) is 9.56 Å². The maximum atomic E-state index is 5.19. The van der Waals surface area contributed by atoms with Crippen LogP contribution < -0.4 is 4.90 Å². The standard InChI is InChI=1S/C41H28N6/c1-42-33-21-11-13-23-35(33)46-26-29-18-8-9-19-30(29)37-36(46)25-24-32-31-20-10-12-22-34(31)47(38(32)37)41-44-39(27-14-4-2-5-15-27)43-40(45-41)28-16-6-3-7-17-28/h2-25H,1,26H2. The number of anilines is 2. The van der Waals surface area contributed by atoms with Crippen LogP contribution in [0.25, 0.3) is 61.7 Å². The molecule has 0 unspecified atom stereocenters. The van der Waals surface area contributed by atoms with Gasteiger partial charge in [-0.1, -0.05) is 121 Å². The van der Waals surface area contributed by atoms with E-state index >= 15 is 0 Å². The molecule has 8 aromatic rings. The Morgan fingerprint density at radius 3 is 1.94 bits per heavy atom. The van der Waals surface area contributed by atoms with Crippen molar-refractivity contribution in [2.45, 2.75) is 6.54 Å². The third-order valence-corrected chi connectivity index (χ3v) is 8.95. The number of hydrogen-bond donors (Lipinski definition) is 0. The quantitative estimate of drug-likeness (QED) is 0.184. The summed E-state index contributed by atoms with van der Waals surface area (Å²) in [4.78, 5) is 22.1.